The molecule has 0 bridgehead atoms. The van der Waals surface area contributed by atoms with Gasteiger partial charge in [-0.25, -0.2) is 8.42 Å². The van der Waals surface area contributed by atoms with Crippen molar-refractivity contribution in [2.75, 3.05) is 26.2 Å². The van der Waals surface area contributed by atoms with Gasteiger partial charge in [-0.1, -0.05) is 17.7 Å². The summed E-state index contributed by atoms with van der Waals surface area (Å²) in [6.07, 6.45) is 2.34. The van der Waals surface area contributed by atoms with Crippen LogP contribution >= 0.6 is 23.8 Å². The van der Waals surface area contributed by atoms with Crippen LogP contribution in [0.15, 0.2) is 29.2 Å². The van der Waals surface area contributed by atoms with Crippen molar-refractivity contribution in [1.29, 1.82) is 0 Å². The molecule has 0 atom stereocenters. The van der Waals surface area contributed by atoms with Gasteiger partial charge >= 0.3 is 0 Å². The number of hydrogen-bond donors (Lipinski definition) is 1. The number of nitrogens with zero attached hydrogens (tertiary/aromatic N) is 2. The van der Waals surface area contributed by atoms with Crippen LogP contribution in [-0.2, 0) is 10.0 Å². The van der Waals surface area contributed by atoms with E-state index in [4.69, 9.17) is 23.8 Å². The Bertz CT molecular complexity index is 668. The summed E-state index contributed by atoms with van der Waals surface area (Å²) in [5, 5.41) is 4.45. The molecule has 120 valence electrons. The molecule has 1 saturated carbocycles. The number of hydrogen-bond acceptors (Lipinski definition) is 3. The van der Waals surface area contributed by atoms with Crippen molar-refractivity contribution in [1.82, 2.24) is 14.5 Å². The van der Waals surface area contributed by atoms with Gasteiger partial charge in [0.15, 0.2) is 5.11 Å². The molecule has 2 aliphatic rings. The van der Waals surface area contributed by atoms with Crippen LogP contribution in [0, 0.1) is 0 Å². The molecule has 1 saturated heterocycles. The smallest absolute Gasteiger partial charge is 0.243 e. The van der Waals surface area contributed by atoms with Gasteiger partial charge in [0.05, 0.1) is 4.90 Å². The predicted molar refractivity (Wildman–Crippen MR) is 90.5 cm³/mol. The normalized spacial score (nSPS) is 20.0. The second-order valence-electron chi connectivity index (χ2n) is 5.57. The lowest BCUT2D eigenvalue weighted by Gasteiger charge is -2.35. The molecule has 1 aliphatic heterocycles. The fourth-order valence-corrected chi connectivity index (χ4v) is 4.47. The average molecular weight is 360 g/mol. The van der Waals surface area contributed by atoms with Crippen molar-refractivity contribution >= 4 is 39.0 Å². The second kappa shape index (κ2) is 6.31. The number of halogens is 1. The summed E-state index contributed by atoms with van der Waals surface area (Å²) in [7, 11) is -3.49. The van der Waals surface area contributed by atoms with E-state index in [9.17, 15) is 8.42 Å². The summed E-state index contributed by atoms with van der Waals surface area (Å²) in [5.74, 6) is 0. The predicted octanol–water partition coefficient (Wildman–Crippen LogP) is 1.68. The summed E-state index contributed by atoms with van der Waals surface area (Å²) in [4.78, 5) is 2.28. The maximum Gasteiger partial charge on any atom is 0.243 e. The quantitative estimate of drug-likeness (QED) is 0.832. The van der Waals surface area contributed by atoms with E-state index >= 15 is 0 Å². The Morgan fingerprint density at radius 3 is 2.50 bits per heavy atom. The molecule has 0 unspecified atom stereocenters. The molecule has 8 heteroatoms. The Morgan fingerprint density at radius 2 is 1.91 bits per heavy atom. The molecule has 1 heterocycles. The van der Waals surface area contributed by atoms with Crippen LogP contribution in [-0.4, -0.2) is 55.0 Å². The van der Waals surface area contributed by atoms with Gasteiger partial charge in [0.2, 0.25) is 10.0 Å². The third-order valence-electron chi connectivity index (χ3n) is 3.86. The Labute approximate surface area is 141 Å². The fourth-order valence-electron chi connectivity index (χ4n) is 2.40. The van der Waals surface area contributed by atoms with E-state index in [1.165, 1.54) is 23.2 Å². The maximum absolute atomic E-state index is 12.6. The molecule has 22 heavy (non-hydrogen) atoms. The third-order valence-corrected chi connectivity index (χ3v) is 6.37. The van der Waals surface area contributed by atoms with Crippen LogP contribution in [0.4, 0.5) is 0 Å². The van der Waals surface area contributed by atoms with E-state index in [1.54, 1.807) is 18.2 Å². The second-order valence-corrected chi connectivity index (χ2v) is 8.33. The molecule has 0 aromatic heterocycles. The monoisotopic (exact) mass is 359 g/mol. The molecular weight excluding hydrogens is 342 g/mol. The summed E-state index contributed by atoms with van der Waals surface area (Å²) in [6.45, 7) is 2.08. The van der Waals surface area contributed by atoms with Crippen LogP contribution in [0.25, 0.3) is 0 Å². The van der Waals surface area contributed by atoms with Crippen molar-refractivity contribution in [3.05, 3.63) is 29.3 Å². The number of rotatable bonds is 3. The van der Waals surface area contributed by atoms with E-state index in [0.717, 1.165) is 5.11 Å². The van der Waals surface area contributed by atoms with E-state index in [2.05, 4.69) is 5.32 Å². The molecule has 1 aromatic rings. The van der Waals surface area contributed by atoms with Gasteiger partial charge in [0.1, 0.15) is 0 Å². The van der Waals surface area contributed by atoms with Gasteiger partial charge in [-0.3, -0.25) is 0 Å². The molecule has 1 N–H and O–H groups in total. The molecule has 2 fully saturated rings. The van der Waals surface area contributed by atoms with E-state index < -0.39 is 10.0 Å². The Hall–Kier alpha value is -0.890. The summed E-state index contributed by atoms with van der Waals surface area (Å²) in [5.41, 5.74) is 0. The van der Waals surface area contributed by atoms with Gasteiger partial charge in [0.25, 0.3) is 0 Å². The molecule has 1 aromatic carbocycles. The van der Waals surface area contributed by atoms with Gasteiger partial charge < -0.3 is 10.2 Å². The first kappa shape index (κ1) is 16.0. The molecule has 1 aliphatic carbocycles. The zero-order chi connectivity index (χ0) is 15.7. The molecular formula is C14H18ClN3O2S2. The first-order valence-electron chi connectivity index (χ1n) is 7.28. The number of thiocarbonyl (C=S) groups is 1. The minimum absolute atomic E-state index is 0.243. The zero-order valence-corrected chi connectivity index (χ0v) is 14.4. The lowest BCUT2D eigenvalue weighted by molar-refractivity contribution is 0.264. The highest BCUT2D eigenvalue weighted by Crippen LogP contribution is 2.22. The Balaban J connectivity index is 1.63. The Kier molecular flexibility index (Phi) is 4.59. The fraction of sp³-hybridized carbons (Fsp3) is 0.500. The third kappa shape index (κ3) is 3.53. The van der Waals surface area contributed by atoms with Gasteiger partial charge in [0, 0.05) is 37.2 Å². The minimum atomic E-state index is -3.49. The molecule has 0 spiro atoms. The molecule has 5 nitrogen and oxygen atoms in total. The van der Waals surface area contributed by atoms with Gasteiger partial charge in [-0.15, -0.1) is 0 Å². The van der Waals surface area contributed by atoms with Crippen LogP contribution in [0.2, 0.25) is 5.02 Å². The summed E-state index contributed by atoms with van der Waals surface area (Å²) >= 11 is 11.3. The van der Waals surface area contributed by atoms with Gasteiger partial charge in [-0.05, 0) is 43.3 Å². The highest BCUT2D eigenvalue weighted by atomic mass is 35.5. The first-order chi connectivity index (χ1) is 10.5. The lowest BCUT2D eigenvalue weighted by atomic mass is 10.4. The first-order valence-corrected chi connectivity index (χ1v) is 9.50. The minimum Gasteiger partial charge on any atom is -0.360 e. The number of sulfonamides is 1. The summed E-state index contributed by atoms with van der Waals surface area (Å²) < 4.78 is 26.7. The molecule has 3 rings (SSSR count). The molecule has 0 amide bonds. The van der Waals surface area contributed by atoms with Crippen molar-refractivity contribution in [2.24, 2.45) is 0 Å². The zero-order valence-electron chi connectivity index (χ0n) is 12.0. The summed E-state index contributed by atoms with van der Waals surface area (Å²) in [6, 6.07) is 6.90. The lowest BCUT2D eigenvalue weighted by Crippen LogP contribution is -2.53. The van der Waals surface area contributed by atoms with Crippen molar-refractivity contribution in [3.8, 4) is 0 Å². The highest BCUT2D eigenvalue weighted by Gasteiger charge is 2.30. The van der Waals surface area contributed by atoms with E-state index in [1.807, 2.05) is 4.90 Å². The van der Waals surface area contributed by atoms with Crippen LogP contribution < -0.4 is 5.32 Å². The maximum atomic E-state index is 12.6. The van der Waals surface area contributed by atoms with Crippen LogP contribution in [0.5, 0.6) is 0 Å². The standard InChI is InChI=1S/C14H18ClN3O2S2/c15-11-2-1-3-13(10-11)22(19,20)18-8-6-17(7-9-18)14(21)16-12-4-5-12/h1-3,10,12H,4-9H2,(H,16,21). The average Bonchev–Trinajstić information content (AvgIpc) is 3.31. The van der Waals surface area contributed by atoms with Crippen molar-refractivity contribution in [3.63, 3.8) is 0 Å². The van der Waals surface area contributed by atoms with Crippen molar-refractivity contribution < 1.29 is 8.42 Å². The van der Waals surface area contributed by atoms with Crippen molar-refractivity contribution in [2.45, 2.75) is 23.8 Å². The number of piperazine rings is 1. The highest BCUT2D eigenvalue weighted by molar-refractivity contribution is 7.89. The largest absolute Gasteiger partial charge is 0.360 e. The van der Waals surface area contributed by atoms with Gasteiger partial charge in [-0.2, -0.15) is 4.31 Å². The van der Waals surface area contributed by atoms with E-state index in [-0.39, 0.29) is 4.90 Å². The van der Waals surface area contributed by atoms with Crippen LogP contribution in [0.3, 0.4) is 0 Å². The SMILES string of the molecule is O=S(=O)(c1cccc(Cl)c1)N1CCN(C(=S)NC2CC2)CC1. The molecule has 0 radical (unpaired) electrons. The Morgan fingerprint density at radius 1 is 1.23 bits per heavy atom. The van der Waals surface area contributed by atoms with E-state index in [0.29, 0.717) is 37.2 Å². The number of nitrogens with one attached hydrogen (secondary N) is 1. The van der Waals surface area contributed by atoms with Crippen LogP contribution in [0.1, 0.15) is 12.8 Å². The number of benzene rings is 1. The topological polar surface area (TPSA) is 52.7 Å².